The molecule has 13 heavy (non-hydrogen) atoms. The van der Waals surface area contributed by atoms with E-state index in [1.165, 1.54) is 0 Å². The topological polar surface area (TPSA) is 64.9 Å². The van der Waals surface area contributed by atoms with Crippen LogP contribution in [0.3, 0.4) is 0 Å². The van der Waals surface area contributed by atoms with Crippen molar-refractivity contribution in [2.75, 3.05) is 0 Å². The molecule has 0 spiro atoms. The fourth-order valence-electron chi connectivity index (χ4n) is 1.33. The fraction of sp³-hybridized carbons (Fsp3) is 0.778. The van der Waals surface area contributed by atoms with Crippen LogP contribution in [0.1, 0.15) is 32.0 Å². The third-order valence-corrected chi connectivity index (χ3v) is 1.78. The molecule has 1 heterocycles. The van der Waals surface area contributed by atoms with E-state index in [0.29, 0.717) is 24.1 Å². The highest BCUT2D eigenvalue weighted by Gasteiger charge is 2.10. The predicted molar refractivity (Wildman–Crippen MR) is 50.2 cm³/mol. The van der Waals surface area contributed by atoms with E-state index in [1.807, 2.05) is 0 Å². The lowest BCUT2D eigenvalue weighted by Crippen LogP contribution is -2.24. The van der Waals surface area contributed by atoms with Gasteiger partial charge in [0.05, 0.1) is 0 Å². The van der Waals surface area contributed by atoms with Crippen LogP contribution in [0, 0.1) is 12.8 Å². The van der Waals surface area contributed by atoms with E-state index in [2.05, 4.69) is 24.0 Å². The Balaban J connectivity index is 2.40. The first-order chi connectivity index (χ1) is 6.08. The summed E-state index contributed by atoms with van der Waals surface area (Å²) in [5.41, 5.74) is 5.89. The largest absolute Gasteiger partial charge is 0.426 e. The standard InChI is InChI=1S/C9H17N3O/c1-6(2)4-8(10)5-9-12-11-7(3)13-9/h6,8H,4-5,10H2,1-3H3. The van der Waals surface area contributed by atoms with Crippen LogP contribution >= 0.6 is 0 Å². The van der Waals surface area contributed by atoms with Crippen molar-refractivity contribution in [1.82, 2.24) is 10.2 Å². The van der Waals surface area contributed by atoms with Crippen molar-refractivity contribution in [3.63, 3.8) is 0 Å². The first kappa shape index (κ1) is 10.2. The van der Waals surface area contributed by atoms with Gasteiger partial charge in [-0.2, -0.15) is 0 Å². The summed E-state index contributed by atoms with van der Waals surface area (Å²) in [6, 6.07) is 0.125. The average molecular weight is 183 g/mol. The summed E-state index contributed by atoms with van der Waals surface area (Å²) in [6.07, 6.45) is 1.67. The minimum Gasteiger partial charge on any atom is -0.426 e. The molecule has 1 aromatic heterocycles. The lowest BCUT2D eigenvalue weighted by molar-refractivity contribution is 0.419. The highest BCUT2D eigenvalue weighted by molar-refractivity contribution is 4.83. The van der Waals surface area contributed by atoms with Crippen LogP contribution in [-0.4, -0.2) is 16.2 Å². The lowest BCUT2D eigenvalue weighted by atomic mass is 10.0. The Labute approximate surface area is 78.5 Å². The molecule has 74 valence electrons. The Hall–Kier alpha value is -0.900. The Morgan fingerprint density at radius 3 is 2.54 bits per heavy atom. The summed E-state index contributed by atoms with van der Waals surface area (Å²) >= 11 is 0. The molecule has 4 heteroatoms. The van der Waals surface area contributed by atoms with Crippen LogP contribution in [0.2, 0.25) is 0 Å². The van der Waals surface area contributed by atoms with E-state index < -0.39 is 0 Å². The van der Waals surface area contributed by atoms with Gasteiger partial charge in [0.1, 0.15) is 0 Å². The molecule has 0 aliphatic rings. The van der Waals surface area contributed by atoms with Crippen LogP contribution in [0.4, 0.5) is 0 Å². The van der Waals surface area contributed by atoms with Gasteiger partial charge >= 0.3 is 0 Å². The summed E-state index contributed by atoms with van der Waals surface area (Å²) in [5.74, 6) is 1.86. The van der Waals surface area contributed by atoms with Gasteiger partial charge in [0, 0.05) is 19.4 Å². The zero-order valence-electron chi connectivity index (χ0n) is 8.45. The fourth-order valence-corrected chi connectivity index (χ4v) is 1.33. The zero-order chi connectivity index (χ0) is 9.84. The maximum absolute atomic E-state index is 5.89. The molecule has 4 nitrogen and oxygen atoms in total. The molecule has 1 aromatic rings. The molecule has 0 amide bonds. The van der Waals surface area contributed by atoms with E-state index in [9.17, 15) is 0 Å². The highest BCUT2D eigenvalue weighted by Crippen LogP contribution is 2.08. The molecule has 0 radical (unpaired) electrons. The van der Waals surface area contributed by atoms with Crippen LogP contribution in [0.25, 0.3) is 0 Å². The average Bonchev–Trinajstić information content (AvgIpc) is 2.33. The van der Waals surface area contributed by atoms with Gasteiger partial charge in [-0.05, 0) is 12.3 Å². The molecular weight excluding hydrogens is 166 g/mol. The number of hydrogen-bond acceptors (Lipinski definition) is 4. The predicted octanol–water partition coefficient (Wildman–Crippen LogP) is 1.29. The lowest BCUT2D eigenvalue weighted by Gasteiger charge is -2.10. The van der Waals surface area contributed by atoms with Gasteiger partial charge in [-0.15, -0.1) is 10.2 Å². The molecule has 1 atom stereocenters. The summed E-state index contributed by atoms with van der Waals surface area (Å²) < 4.78 is 5.23. The summed E-state index contributed by atoms with van der Waals surface area (Å²) in [4.78, 5) is 0. The van der Waals surface area contributed by atoms with E-state index in [0.717, 1.165) is 6.42 Å². The van der Waals surface area contributed by atoms with Crippen molar-refractivity contribution >= 4 is 0 Å². The van der Waals surface area contributed by atoms with E-state index in [4.69, 9.17) is 10.2 Å². The smallest absolute Gasteiger partial charge is 0.218 e. The molecule has 0 bridgehead atoms. The van der Waals surface area contributed by atoms with Crippen LogP contribution in [-0.2, 0) is 6.42 Å². The maximum atomic E-state index is 5.89. The van der Waals surface area contributed by atoms with Crippen LogP contribution in [0.5, 0.6) is 0 Å². The summed E-state index contributed by atoms with van der Waals surface area (Å²) in [5, 5.41) is 7.64. The molecule has 0 fully saturated rings. The number of aromatic nitrogens is 2. The van der Waals surface area contributed by atoms with Crippen molar-refractivity contribution < 1.29 is 4.42 Å². The van der Waals surface area contributed by atoms with Crippen molar-refractivity contribution in [3.05, 3.63) is 11.8 Å². The Kier molecular flexibility index (Phi) is 3.42. The summed E-state index contributed by atoms with van der Waals surface area (Å²) in [6.45, 7) is 6.09. The number of nitrogens with two attached hydrogens (primary N) is 1. The van der Waals surface area contributed by atoms with Crippen molar-refractivity contribution in [2.45, 2.75) is 39.7 Å². The minimum atomic E-state index is 0.125. The van der Waals surface area contributed by atoms with Crippen LogP contribution in [0.15, 0.2) is 4.42 Å². The minimum absolute atomic E-state index is 0.125. The van der Waals surface area contributed by atoms with E-state index in [1.54, 1.807) is 6.92 Å². The van der Waals surface area contributed by atoms with Crippen molar-refractivity contribution in [1.29, 1.82) is 0 Å². The number of rotatable bonds is 4. The van der Waals surface area contributed by atoms with Gasteiger partial charge < -0.3 is 10.2 Å². The Bertz CT molecular complexity index is 257. The molecule has 1 unspecified atom stereocenters. The quantitative estimate of drug-likeness (QED) is 0.764. The van der Waals surface area contributed by atoms with Gasteiger partial charge in [-0.3, -0.25) is 0 Å². The molecule has 1 rings (SSSR count). The van der Waals surface area contributed by atoms with Gasteiger partial charge in [0.2, 0.25) is 11.8 Å². The second kappa shape index (κ2) is 4.37. The Morgan fingerprint density at radius 2 is 2.08 bits per heavy atom. The molecule has 2 N–H and O–H groups in total. The third kappa shape index (κ3) is 3.55. The Morgan fingerprint density at radius 1 is 1.38 bits per heavy atom. The van der Waals surface area contributed by atoms with Gasteiger partial charge in [0.25, 0.3) is 0 Å². The first-order valence-electron chi connectivity index (χ1n) is 4.62. The first-order valence-corrected chi connectivity index (χ1v) is 4.62. The molecule has 0 aliphatic heterocycles. The summed E-state index contributed by atoms with van der Waals surface area (Å²) in [7, 11) is 0. The van der Waals surface area contributed by atoms with Gasteiger partial charge in [0.15, 0.2) is 0 Å². The number of aryl methyl sites for hydroxylation is 1. The second-order valence-electron chi connectivity index (χ2n) is 3.81. The van der Waals surface area contributed by atoms with Gasteiger partial charge in [-0.1, -0.05) is 13.8 Å². The SMILES string of the molecule is Cc1nnc(CC(N)CC(C)C)o1. The van der Waals surface area contributed by atoms with Crippen molar-refractivity contribution in [3.8, 4) is 0 Å². The molecular formula is C9H17N3O. The van der Waals surface area contributed by atoms with Crippen LogP contribution < -0.4 is 5.73 Å². The molecule has 0 saturated heterocycles. The van der Waals surface area contributed by atoms with E-state index in [-0.39, 0.29) is 6.04 Å². The molecule has 0 aliphatic carbocycles. The normalized spacial score (nSPS) is 13.6. The van der Waals surface area contributed by atoms with Gasteiger partial charge in [-0.25, -0.2) is 0 Å². The number of hydrogen-bond donors (Lipinski definition) is 1. The molecule has 0 saturated carbocycles. The highest BCUT2D eigenvalue weighted by atomic mass is 16.4. The zero-order valence-corrected chi connectivity index (χ0v) is 8.45. The maximum Gasteiger partial charge on any atom is 0.218 e. The third-order valence-electron chi connectivity index (χ3n) is 1.78. The molecule has 0 aromatic carbocycles. The monoisotopic (exact) mass is 183 g/mol. The second-order valence-corrected chi connectivity index (χ2v) is 3.81. The number of nitrogens with zero attached hydrogens (tertiary/aromatic N) is 2. The van der Waals surface area contributed by atoms with Crippen molar-refractivity contribution in [2.24, 2.45) is 11.7 Å². The van der Waals surface area contributed by atoms with E-state index >= 15 is 0 Å².